The molecule has 0 saturated carbocycles. The van der Waals surface area contributed by atoms with Crippen molar-refractivity contribution in [2.24, 2.45) is 0 Å². The van der Waals surface area contributed by atoms with Gasteiger partial charge in [-0.1, -0.05) is 0 Å². The second-order valence-corrected chi connectivity index (χ2v) is 6.54. The predicted octanol–water partition coefficient (Wildman–Crippen LogP) is 4.33. The van der Waals surface area contributed by atoms with Crippen LogP contribution >= 0.6 is 0 Å². The van der Waals surface area contributed by atoms with Crippen LogP contribution in [0, 0.1) is 6.92 Å². The first-order valence-corrected chi connectivity index (χ1v) is 8.85. The number of phenolic OH excluding ortho intramolecular Hbond substituents is 1. The summed E-state index contributed by atoms with van der Waals surface area (Å²) in [5.74, 6) is 2.42. The molecule has 1 saturated heterocycles. The highest BCUT2D eigenvalue weighted by Crippen LogP contribution is 2.47. The number of benzene rings is 2. The molecule has 0 spiro atoms. The Morgan fingerprint density at radius 3 is 1.74 bits per heavy atom. The highest BCUT2D eigenvalue weighted by Gasteiger charge is 2.30. The lowest BCUT2D eigenvalue weighted by Gasteiger charge is -2.19. The van der Waals surface area contributed by atoms with Crippen molar-refractivity contribution in [1.29, 1.82) is 0 Å². The van der Waals surface area contributed by atoms with Gasteiger partial charge in [-0.25, -0.2) is 0 Å². The maximum Gasteiger partial charge on any atom is 0.203 e. The van der Waals surface area contributed by atoms with Crippen LogP contribution in [0.4, 0.5) is 0 Å². The largest absolute Gasteiger partial charge is 0.504 e. The lowest BCUT2D eigenvalue weighted by Crippen LogP contribution is -2.03. The Morgan fingerprint density at radius 2 is 1.26 bits per heavy atom. The van der Waals surface area contributed by atoms with Gasteiger partial charge in [-0.15, -0.1) is 0 Å². The second kappa shape index (κ2) is 7.96. The standard InChI is InChI=1S/C21H26O6/c1-12-8-13(9-17(23-2)20(12)22)15-6-7-16(27-15)14-10-18(24-3)21(26-5)19(11-14)25-4/h8-11,15-16,22H,6-7H2,1-5H3. The van der Waals surface area contributed by atoms with Gasteiger partial charge in [0, 0.05) is 0 Å². The summed E-state index contributed by atoms with van der Waals surface area (Å²) in [7, 11) is 6.34. The molecule has 2 unspecified atom stereocenters. The monoisotopic (exact) mass is 374 g/mol. The van der Waals surface area contributed by atoms with Crippen LogP contribution in [0.1, 0.15) is 41.7 Å². The van der Waals surface area contributed by atoms with Gasteiger partial charge >= 0.3 is 0 Å². The molecule has 1 aliphatic rings. The minimum atomic E-state index is -0.0798. The lowest BCUT2D eigenvalue weighted by molar-refractivity contribution is 0.0436. The van der Waals surface area contributed by atoms with Crippen LogP contribution in [0.2, 0.25) is 0 Å². The van der Waals surface area contributed by atoms with Gasteiger partial charge in [0.15, 0.2) is 23.0 Å². The minimum Gasteiger partial charge on any atom is -0.504 e. The van der Waals surface area contributed by atoms with Gasteiger partial charge in [-0.3, -0.25) is 0 Å². The van der Waals surface area contributed by atoms with Crippen molar-refractivity contribution in [2.75, 3.05) is 28.4 Å². The van der Waals surface area contributed by atoms with Crippen molar-refractivity contribution < 1.29 is 28.8 Å². The van der Waals surface area contributed by atoms with E-state index in [0.29, 0.717) is 23.0 Å². The Morgan fingerprint density at radius 1 is 0.778 bits per heavy atom. The van der Waals surface area contributed by atoms with E-state index >= 15 is 0 Å². The normalized spacial score (nSPS) is 19.0. The number of aryl methyl sites for hydroxylation is 1. The number of aromatic hydroxyl groups is 1. The van der Waals surface area contributed by atoms with Gasteiger partial charge in [-0.05, 0) is 60.7 Å². The number of rotatable bonds is 6. The minimum absolute atomic E-state index is 0.0673. The van der Waals surface area contributed by atoms with E-state index in [1.165, 1.54) is 0 Å². The SMILES string of the molecule is COc1cc(C2CCC(c3cc(OC)c(OC)c(OC)c3)O2)cc(C)c1O. The Balaban J connectivity index is 1.87. The summed E-state index contributed by atoms with van der Waals surface area (Å²) in [6, 6.07) is 7.64. The van der Waals surface area contributed by atoms with E-state index in [9.17, 15) is 5.11 Å². The van der Waals surface area contributed by atoms with Crippen molar-refractivity contribution >= 4 is 0 Å². The van der Waals surface area contributed by atoms with E-state index in [-0.39, 0.29) is 18.0 Å². The van der Waals surface area contributed by atoms with Crippen molar-refractivity contribution in [3.63, 3.8) is 0 Å². The fraction of sp³-hybridized carbons (Fsp3) is 0.429. The van der Waals surface area contributed by atoms with Gasteiger partial charge in [0.25, 0.3) is 0 Å². The molecule has 0 radical (unpaired) electrons. The van der Waals surface area contributed by atoms with Crippen molar-refractivity contribution in [1.82, 2.24) is 0 Å². The summed E-state index contributed by atoms with van der Waals surface area (Å²) >= 11 is 0. The maximum absolute atomic E-state index is 10.1. The molecule has 2 aromatic carbocycles. The van der Waals surface area contributed by atoms with Crippen molar-refractivity contribution in [2.45, 2.75) is 32.0 Å². The van der Waals surface area contributed by atoms with Gasteiger partial charge in [0.2, 0.25) is 5.75 Å². The second-order valence-electron chi connectivity index (χ2n) is 6.54. The molecule has 1 fully saturated rings. The fourth-order valence-corrected chi connectivity index (χ4v) is 3.53. The van der Waals surface area contributed by atoms with Crippen LogP contribution < -0.4 is 18.9 Å². The number of phenols is 1. The van der Waals surface area contributed by atoms with Crippen LogP contribution in [0.25, 0.3) is 0 Å². The summed E-state index contributed by atoms with van der Waals surface area (Å²) in [4.78, 5) is 0. The number of hydrogen-bond acceptors (Lipinski definition) is 6. The van der Waals surface area contributed by atoms with Crippen LogP contribution in [0.5, 0.6) is 28.7 Å². The zero-order chi connectivity index (χ0) is 19.6. The molecule has 6 nitrogen and oxygen atoms in total. The van der Waals surface area contributed by atoms with Crippen LogP contribution in [-0.2, 0) is 4.74 Å². The quantitative estimate of drug-likeness (QED) is 0.812. The molecule has 0 bridgehead atoms. The molecule has 1 aliphatic heterocycles. The van der Waals surface area contributed by atoms with E-state index in [1.807, 2.05) is 31.2 Å². The third-order valence-corrected chi connectivity index (χ3v) is 4.96. The summed E-state index contributed by atoms with van der Waals surface area (Å²) in [6.07, 6.45) is 1.59. The molecular weight excluding hydrogens is 348 g/mol. The summed E-state index contributed by atoms with van der Waals surface area (Å²) in [6.45, 7) is 1.85. The first-order chi connectivity index (χ1) is 13.0. The average molecular weight is 374 g/mol. The molecule has 0 aliphatic carbocycles. The first kappa shape index (κ1) is 19.2. The van der Waals surface area contributed by atoms with E-state index in [1.54, 1.807) is 28.4 Å². The molecule has 1 N–H and O–H groups in total. The molecule has 0 amide bonds. The van der Waals surface area contributed by atoms with E-state index < -0.39 is 0 Å². The molecule has 1 heterocycles. The Labute approximate surface area is 159 Å². The van der Waals surface area contributed by atoms with Crippen LogP contribution in [0.15, 0.2) is 24.3 Å². The van der Waals surface area contributed by atoms with Gasteiger partial charge in [-0.2, -0.15) is 0 Å². The molecule has 2 atom stereocenters. The van der Waals surface area contributed by atoms with Gasteiger partial charge < -0.3 is 28.8 Å². The van der Waals surface area contributed by atoms with Crippen molar-refractivity contribution in [3.05, 3.63) is 41.0 Å². The zero-order valence-corrected chi connectivity index (χ0v) is 16.4. The van der Waals surface area contributed by atoms with Crippen LogP contribution in [0.3, 0.4) is 0 Å². The number of methoxy groups -OCH3 is 4. The first-order valence-electron chi connectivity index (χ1n) is 8.85. The number of ether oxygens (including phenoxy) is 5. The van der Waals surface area contributed by atoms with Crippen LogP contribution in [-0.4, -0.2) is 33.5 Å². The third kappa shape index (κ3) is 3.62. The highest BCUT2D eigenvalue weighted by atomic mass is 16.5. The predicted molar refractivity (Wildman–Crippen MR) is 101 cm³/mol. The van der Waals surface area contributed by atoms with Gasteiger partial charge in [0.1, 0.15) is 0 Å². The van der Waals surface area contributed by atoms with E-state index in [4.69, 9.17) is 23.7 Å². The highest BCUT2D eigenvalue weighted by molar-refractivity contribution is 5.54. The smallest absolute Gasteiger partial charge is 0.203 e. The van der Waals surface area contributed by atoms with Gasteiger partial charge in [0.05, 0.1) is 40.6 Å². The lowest BCUT2D eigenvalue weighted by atomic mass is 10.0. The molecule has 146 valence electrons. The molecule has 6 heteroatoms. The Bertz CT molecular complexity index is 792. The third-order valence-electron chi connectivity index (χ3n) is 4.96. The fourth-order valence-electron chi connectivity index (χ4n) is 3.53. The van der Waals surface area contributed by atoms with E-state index in [2.05, 4.69) is 0 Å². The number of hydrogen-bond donors (Lipinski definition) is 1. The average Bonchev–Trinajstić information content (AvgIpc) is 3.18. The summed E-state index contributed by atoms with van der Waals surface area (Å²) in [5.41, 5.74) is 2.75. The molecule has 2 aromatic rings. The Hall–Kier alpha value is -2.60. The molecular formula is C21H26O6. The molecule has 27 heavy (non-hydrogen) atoms. The molecule has 0 aromatic heterocycles. The van der Waals surface area contributed by atoms with E-state index in [0.717, 1.165) is 29.5 Å². The summed E-state index contributed by atoms with van der Waals surface area (Å²) in [5, 5.41) is 10.1. The Kier molecular flexibility index (Phi) is 5.65. The molecule has 3 rings (SSSR count). The maximum atomic E-state index is 10.1. The zero-order valence-electron chi connectivity index (χ0n) is 16.4. The summed E-state index contributed by atoms with van der Waals surface area (Å²) < 4.78 is 27.9. The topological polar surface area (TPSA) is 66.4 Å². The van der Waals surface area contributed by atoms with Crippen molar-refractivity contribution in [3.8, 4) is 28.7 Å².